The van der Waals surface area contributed by atoms with Crippen molar-refractivity contribution in [3.05, 3.63) is 94.8 Å². The molecule has 2 aromatic rings. The number of amides is 1. The number of hydrazine groups is 1. The zero-order valence-corrected chi connectivity index (χ0v) is 23.5. The third-order valence-electron chi connectivity index (χ3n) is 8.33. The minimum absolute atomic E-state index is 0.126. The molecule has 8 heteroatoms. The Hall–Kier alpha value is -3.91. The second-order valence-electron chi connectivity index (χ2n) is 11.4. The summed E-state index contributed by atoms with van der Waals surface area (Å²) in [5.41, 5.74) is 14.1. The highest BCUT2D eigenvalue weighted by atomic mass is 16.2. The quantitative estimate of drug-likeness (QED) is 0.127. The Morgan fingerprint density at radius 1 is 1.05 bits per heavy atom. The number of benzene rings is 2. The van der Waals surface area contributed by atoms with Gasteiger partial charge in [0.05, 0.1) is 11.8 Å². The fourth-order valence-corrected chi connectivity index (χ4v) is 5.81. The number of nitrogens with one attached hydrogen (secondary N) is 4. The number of carbonyl (C=O) groups excluding carboxylic acids is 1. The zero-order valence-electron chi connectivity index (χ0n) is 23.5. The third kappa shape index (κ3) is 6.45. The minimum atomic E-state index is -0.329. The van der Waals surface area contributed by atoms with Gasteiger partial charge in [0.2, 0.25) is 0 Å². The number of nitrogens with zero attached hydrogens (tertiary/aromatic N) is 2. The van der Waals surface area contributed by atoms with Crippen molar-refractivity contribution >= 4 is 17.5 Å². The van der Waals surface area contributed by atoms with E-state index in [1.54, 1.807) is 7.05 Å². The van der Waals surface area contributed by atoms with Crippen LogP contribution in [0.1, 0.15) is 62.1 Å². The van der Waals surface area contributed by atoms with E-state index in [-0.39, 0.29) is 23.4 Å². The Bertz CT molecular complexity index is 1310. The van der Waals surface area contributed by atoms with Gasteiger partial charge in [-0.1, -0.05) is 67.1 Å². The first-order chi connectivity index (χ1) is 19.3. The number of likely N-dealkylation sites (N-methyl/N-ethyl adjacent to an activating group) is 1. The molecular weight excluding hydrogens is 498 g/mol. The first kappa shape index (κ1) is 27.6. The van der Waals surface area contributed by atoms with Gasteiger partial charge in [0.25, 0.3) is 5.91 Å². The molecule has 8 nitrogen and oxygen atoms in total. The Kier molecular flexibility index (Phi) is 8.35. The second kappa shape index (κ2) is 12.1. The summed E-state index contributed by atoms with van der Waals surface area (Å²) in [4.78, 5) is 18.4. The van der Waals surface area contributed by atoms with Crippen molar-refractivity contribution in [2.75, 3.05) is 7.05 Å². The number of hydrogen-bond acceptors (Lipinski definition) is 6. The molecule has 3 aliphatic rings. The summed E-state index contributed by atoms with van der Waals surface area (Å²) in [6.07, 6.45) is 11.1. The molecule has 1 unspecified atom stereocenters. The van der Waals surface area contributed by atoms with Gasteiger partial charge in [-0.25, -0.2) is 5.43 Å². The van der Waals surface area contributed by atoms with E-state index < -0.39 is 0 Å². The van der Waals surface area contributed by atoms with Crippen LogP contribution in [0.4, 0.5) is 0 Å². The maximum atomic E-state index is 13.7. The number of aliphatic imine (C=N–C) groups is 1. The molecule has 2 aliphatic carbocycles. The van der Waals surface area contributed by atoms with Gasteiger partial charge < -0.3 is 16.4 Å². The Balaban J connectivity index is 1.34. The van der Waals surface area contributed by atoms with Crippen molar-refractivity contribution in [2.45, 2.75) is 70.6 Å². The van der Waals surface area contributed by atoms with Crippen LogP contribution >= 0.6 is 0 Å². The standard InChI is InChI=1S/C32H41N7O/c1-22-8-6-11-26(37-22)25-15-13-24(14-16-25)21-36-30(35-20-23-9-4-3-5-10-23)28(29(33)34)31(40)39(2)38-27-12-7-17-32(27)18-19-32/h3-6,9-11,13-16,22,27,35-36,38H,7-8,12,17-21H2,1-2H3,(H3,33,34)/b30-28+/t22?,27-/m1/s1. The predicted octanol–water partition coefficient (Wildman–Crippen LogP) is 4.15. The highest BCUT2D eigenvalue weighted by molar-refractivity contribution is 6.19. The van der Waals surface area contributed by atoms with Crippen LogP contribution in [0.25, 0.3) is 0 Å². The molecule has 0 saturated heterocycles. The van der Waals surface area contributed by atoms with E-state index in [0.29, 0.717) is 30.4 Å². The van der Waals surface area contributed by atoms with Gasteiger partial charge in [-0.2, -0.15) is 0 Å². The van der Waals surface area contributed by atoms with E-state index in [4.69, 9.17) is 16.1 Å². The van der Waals surface area contributed by atoms with Crippen LogP contribution in [0.3, 0.4) is 0 Å². The minimum Gasteiger partial charge on any atom is -0.383 e. The van der Waals surface area contributed by atoms with Crippen molar-refractivity contribution in [3.63, 3.8) is 0 Å². The lowest BCUT2D eigenvalue weighted by Crippen LogP contribution is -2.50. The van der Waals surface area contributed by atoms with Crippen molar-refractivity contribution in [1.29, 1.82) is 5.41 Å². The van der Waals surface area contributed by atoms with E-state index >= 15 is 0 Å². The molecule has 2 aromatic carbocycles. The fraction of sp³-hybridized carbons (Fsp3) is 0.406. The molecule has 0 radical (unpaired) electrons. The lowest BCUT2D eigenvalue weighted by molar-refractivity contribution is -0.129. The van der Waals surface area contributed by atoms with E-state index in [9.17, 15) is 4.79 Å². The van der Waals surface area contributed by atoms with Gasteiger partial charge in [-0.15, -0.1) is 0 Å². The number of rotatable bonds is 11. The smallest absolute Gasteiger partial charge is 0.275 e. The maximum Gasteiger partial charge on any atom is 0.275 e. The lowest BCUT2D eigenvalue weighted by Gasteiger charge is -2.28. The molecule has 2 atom stereocenters. The fourth-order valence-electron chi connectivity index (χ4n) is 5.81. The molecule has 5 rings (SSSR count). The molecule has 40 heavy (non-hydrogen) atoms. The number of amidine groups is 1. The van der Waals surface area contributed by atoms with Crippen LogP contribution in [0.15, 0.2) is 83.1 Å². The van der Waals surface area contributed by atoms with Gasteiger partial charge in [0.1, 0.15) is 17.2 Å². The van der Waals surface area contributed by atoms with Crippen molar-refractivity contribution in [1.82, 2.24) is 21.1 Å². The van der Waals surface area contributed by atoms with Crippen LogP contribution in [0.5, 0.6) is 0 Å². The molecule has 1 heterocycles. The highest BCUT2D eigenvalue weighted by Crippen LogP contribution is 2.57. The summed E-state index contributed by atoms with van der Waals surface area (Å²) in [5.74, 6) is -0.161. The maximum absolute atomic E-state index is 13.7. The molecule has 1 aliphatic heterocycles. The van der Waals surface area contributed by atoms with E-state index in [2.05, 4.69) is 59.4 Å². The van der Waals surface area contributed by atoms with Gasteiger partial charge in [-0.05, 0) is 67.2 Å². The first-order valence-corrected chi connectivity index (χ1v) is 14.3. The first-order valence-electron chi connectivity index (χ1n) is 14.3. The number of allylic oxidation sites excluding steroid dienone is 1. The molecule has 2 saturated carbocycles. The topological polar surface area (TPSA) is 119 Å². The summed E-state index contributed by atoms with van der Waals surface area (Å²) in [6.45, 7) is 3.07. The third-order valence-corrected chi connectivity index (χ3v) is 8.33. The van der Waals surface area contributed by atoms with Crippen LogP contribution < -0.4 is 21.8 Å². The number of dihydropyridines is 1. The number of nitrogens with two attached hydrogens (primary N) is 1. The lowest BCUT2D eigenvalue weighted by atomic mass is 10.0. The molecule has 1 spiro atoms. The Morgan fingerprint density at radius 3 is 2.35 bits per heavy atom. The van der Waals surface area contributed by atoms with E-state index in [1.165, 1.54) is 30.7 Å². The average molecular weight is 540 g/mol. The summed E-state index contributed by atoms with van der Waals surface area (Å²) < 4.78 is 0. The SMILES string of the molecule is CC1CC=CC(c2ccc(CN/C(NCc3ccccc3)=C(\C(=N)N)C(=O)N(C)N[C@@H]3CCCC34CC4)cc2)=N1. The predicted molar refractivity (Wildman–Crippen MR) is 160 cm³/mol. The largest absolute Gasteiger partial charge is 0.383 e. The number of carbonyl (C=O) groups is 1. The van der Waals surface area contributed by atoms with Gasteiger partial charge in [-0.3, -0.25) is 20.2 Å². The normalized spacial score (nSPS) is 21.4. The summed E-state index contributed by atoms with van der Waals surface area (Å²) in [6, 6.07) is 18.8. The molecule has 210 valence electrons. The van der Waals surface area contributed by atoms with Crippen molar-refractivity contribution in [3.8, 4) is 0 Å². The monoisotopic (exact) mass is 539 g/mol. The molecular formula is C32H41N7O. The highest BCUT2D eigenvalue weighted by Gasteiger charge is 2.52. The molecule has 0 aromatic heterocycles. The average Bonchev–Trinajstić information content (AvgIpc) is 3.64. The van der Waals surface area contributed by atoms with Gasteiger partial charge in [0, 0.05) is 26.2 Å². The number of hydrogen-bond donors (Lipinski definition) is 5. The van der Waals surface area contributed by atoms with Crippen molar-refractivity contribution < 1.29 is 4.79 Å². The summed E-state index contributed by atoms with van der Waals surface area (Å²) in [5, 5.41) is 16.6. The van der Waals surface area contributed by atoms with Crippen LogP contribution in [-0.4, -0.2) is 41.6 Å². The zero-order chi connectivity index (χ0) is 28.1. The van der Waals surface area contributed by atoms with Crippen LogP contribution in [0.2, 0.25) is 0 Å². The van der Waals surface area contributed by atoms with E-state index in [1.807, 2.05) is 30.3 Å². The Morgan fingerprint density at radius 2 is 1.73 bits per heavy atom. The summed E-state index contributed by atoms with van der Waals surface area (Å²) >= 11 is 0. The molecule has 6 N–H and O–H groups in total. The molecule has 2 fully saturated rings. The van der Waals surface area contributed by atoms with Crippen LogP contribution in [0, 0.1) is 10.8 Å². The van der Waals surface area contributed by atoms with Gasteiger partial charge >= 0.3 is 0 Å². The Labute approximate surface area is 237 Å². The van der Waals surface area contributed by atoms with Crippen LogP contribution in [-0.2, 0) is 17.9 Å². The second-order valence-corrected chi connectivity index (χ2v) is 11.4. The van der Waals surface area contributed by atoms with Gasteiger partial charge in [0.15, 0.2) is 0 Å². The molecule has 1 amide bonds. The van der Waals surface area contributed by atoms with E-state index in [0.717, 1.165) is 35.2 Å². The molecule has 0 bridgehead atoms. The van der Waals surface area contributed by atoms with Crippen molar-refractivity contribution in [2.24, 2.45) is 16.1 Å². The summed E-state index contributed by atoms with van der Waals surface area (Å²) in [7, 11) is 1.73.